The first-order valence-electron chi connectivity index (χ1n) is 7.60. The number of hydrogen-bond acceptors (Lipinski definition) is 8. The maximum Gasteiger partial charge on any atom is 0.419 e. The Morgan fingerprint density at radius 1 is 1.44 bits per heavy atom. The van der Waals surface area contributed by atoms with Gasteiger partial charge in [0.15, 0.2) is 10.7 Å². The summed E-state index contributed by atoms with van der Waals surface area (Å²) in [5.74, 6) is -1.22. The molecule has 0 fully saturated rings. The number of benzene rings is 1. The third-order valence-corrected chi connectivity index (χ3v) is 6.60. The van der Waals surface area contributed by atoms with Crippen molar-refractivity contribution in [2.75, 3.05) is 11.3 Å². The van der Waals surface area contributed by atoms with Crippen LogP contribution in [0.2, 0.25) is 5.02 Å². The van der Waals surface area contributed by atoms with Crippen molar-refractivity contribution in [2.45, 2.75) is 18.7 Å². The van der Waals surface area contributed by atoms with Gasteiger partial charge in [0.2, 0.25) is 0 Å². The van der Waals surface area contributed by atoms with E-state index in [0.29, 0.717) is 11.2 Å². The lowest BCUT2D eigenvalue weighted by molar-refractivity contribution is 0.0531. The molecule has 9 nitrogen and oxygen atoms in total. The van der Waals surface area contributed by atoms with E-state index < -0.39 is 21.7 Å². The van der Waals surface area contributed by atoms with Gasteiger partial charge in [-0.25, -0.2) is 23.0 Å². The van der Waals surface area contributed by atoms with Crippen LogP contribution in [-0.4, -0.2) is 30.5 Å². The largest absolute Gasteiger partial charge is 0.462 e. The first-order valence-corrected chi connectivity index (χ1v) is 10.3. The van der Waals surface area contributed by atoms with E-state index in [4.69, 9.17) is 20.8 Å². The summed E-state index contributed by atoms with van der Waals surface area (Å²) in [6.07, 6.45) is 0. The molecule has 0 spiro atoms. The summed E-state index contributed by atoms with van der Waals surface area (Å²) in [4.78, 5) is 27.4. The summed E-state index contributed by atoms with van der Waals surface area (Å²) in [6, 6.07) is 2.49. The molecule has 0 amide bonds. The van der Waals surface area contributed by atoms with Crippen LogP contribution in [0.15, 0.2) is 26.2 Å². The minimum Gasteiger partial charge on any atom is -0.462 e. The lowest BCUT2D eigenvalue weighted by Gasteiger charge is -2.07. The number of thiazole rings is 1. The zero-order valence-corrected chi connectivity index (χ0v) is 16.8. The van der Waals surface area contributed by atoms with Gasteiger partial charge in [-0.15, -0.1) is 0 Å². The van der Waals surface area contributed by atoms with Crippen LogP contribution in [0.4, 0.5) is 5.13 Å². The van der Waals surface area contributed by atoms with E-state index in [1.807, 2.05) is 0 Å². The van der Waals surface area contributed by atoms with Gasteiger partial charge in [-0.3, -0.25) is 9.29 Å². The Bertz CT molecular complexity index is 1210. The highest BCUT2D eigenvalue weighted by atomic mass is 35.5. The smallest absolute Gasteiger partial charge is 0.419 e. The number of rotatable bonds is 5. The summed E-state index contributed by atoms with van der Waals surface area (Å²) in [6.45, 7) is 3.42. The van der Waals surface area contributed by atoms with Crippen LogP contribution in [0.25, 0.3) is 11.1 Å². The van der Waals surface area contributed by atoms with Crippen LogP contribution in [0.5, 0.6) is 0 Å². The summed E-state index contributed by atoms with van der Waals surface area (Å²) in [5, 5.41) is -0.105. The molecule has 0 unspecified atom stereocenters. The predicted octanol–water partition coefficient (Wildman–Crippen LogP) is 2.53. The highest BCUT2D eigenvalue weighted by Gasteiger charge is 2.24. The lowest BCUT2D eigenvalue weighted by atomic mass is 10.3. The highest BCUT2D eigenvalue weighted by molar-refractivity contribution is 7.93. The highest BCUT2D eigenvalue weighted by Crippen LogP contribution is 2.30. The van der Waals surface area contributed by atoms with Gasteiger partial charge in [-0.1, -0.05) is 22.9 Å². The van der Waals surface area contributed by atoms with E-state index in [2.05, 4.69) is 9.71 Å². The number of nitrogens with zero attached hydrogens (tertiary/aromatic N) is 2. The van der Waals surface area contributed by atoms with Gasteiger partial charge in [-0.05, 0) is 19.9 Å². The predicted molar refractivity (Wildman–Crippen MR) is 100 cm³/mol. The van der Waals surface area contributed by atoms with E-state index in [-0.39, 0.29) is 32.1 Å². The van der Waals surface area contributed by atoms with Gasteiger partial charge in [0.05, 0.1) is 22.8 Å². The van der Waals surface area contributed by atoms with Crippen molar-refractivity contribution >= 4 is 55.2 Å². The Hall–Kier alpha value is -2.37. The molecular formula is C15H14ClN3O6S2. The number of sulfonamides is 1. The minimum atomic E-state index is -4.14. The third kappa shape index (κ3) is 3.57. The third-order valence-electron chi connectivity index (χ3n) is 3.61. The number of hydrogen-bond donors (Lipinski definition) is 1. The molecule has 2 heterocycles. The zero-order valence-electron chi connectivity index (χ0n) is 14.4. The molecule has 0 aliphatic carbocycles. The molecule has 2 aromatic heterocycles. The van der Waals surface area contributed by atoms with Crippen LogP contribution < -0.4 is 10.5 Å². The zero-order chi connectivity index (χ0) is 19.9. The number of esters is 1. The second-order valence-electron chi connectivity index (χ2n) is 5.44. The Labute approximate surface area is 162 Å². The van der Waals surface area contributed by atoms with Crippen molar-refractivity contribution in [3.63, 3.8) is 0 Å². The molecule has 3 aromatic rings. The van der Waals surface area contributed by atoms with E-state index in [0.717, 1.165) is 17.4 Å². The van der Waals surface area contributed by atoms with Crippen LogP contribution in [-0.2, 0) is 21.8 Å². The number of carbonyl (C=O) groups excluding carboxylic acids is 1. The van der Waals surface area contributed by atoms with Crippen molar-refractivity contribution in [1.29, 1.82) is 0 Å². The summed E-state index contributed by atoms with van der Waals surface area (Å²) < 4.78 is 38.8. The maximum atomic E-state index is 12.7. The van der Waals surface area contributed by atoms with Crippen molar-refractivity contribution in [3.05, 3.63) is 38.3 Å². The number of aryl methyl sites for hydroxylation is 2. The van der Waals surface area contributed by atoms with Crippen LogP contribution in [0.1, 0.15) is 22.3 Å². The molecule has 0 atom stereocenters. The molecule has 0 aliphatic rings. The molecule has 12 heteroatoms. The Balaban J connectivity index is 1.99. The van der Waals surface area contributed by atoms with Gasteiger partial charge in [0, 0.05) is 13.1 Å². The summed E-state index contributed by atoms with van der Waals surface area (Å²) >= 11 is 6.94. The Morgan fingerprint density at radius 3 is 2.81 bits per heavy atom. The number of nitrogens with one attached hydrogen (secondary N) is 1. The number of oxazole rings is 1. The molecular weight excluding hydrogens is 418 g/mol. The summed E-state index contributed by atoms with van der Waals surface area (Å²) in [7, 11) is -2.66. The van der Waals surface area contributed by atoms with Gasteiger partial charge in [0.25, 0.3) is 10.0 Å². The molecule has 27 heavy (non-hydrogen) atoms. The van der Waals surface area contributed by atoms with Gasteiger partial charge in [-0.2, -0.15) is 0 Å². The fourth-order valence-corrected chi connectivity index (χ4v) is 4.96. The van der Waals surface area contributed by atoms with Crippen molar-refractivity contribution < 1.29 is 22.4 Å². The first kappa shape index (κ1) is 19.4. The SMILES string of the molecule is CCOC(=O)c1sc(NS(=O)(=O)c2cc3oc(=O)n(C)c3cc2Cl)nc1C. The van der Waals surface area contributed by atoms with Crippen LogP contribution in [0, 0.1) is 6.92 Å². The fourth-order valence-electron chi connectivity index (χ4n) is 2.33. The number of anilines is 1. The number of aromatic nitrogens is 2. The van der Waals surface area contributed by atoms with Crippen LogP contribution in [0.3, 0.4) is 0 Å². The minimum absolute atomic E-state index is 0.0127. The molecule has 1 N–H and O–H groups in total. The van der Waals surface area contributed by atoms with E-state index >= 15 is 0 Å². The number of fused-ring (bicyclic) bond motifs is 1. The van der Waals surface area contributed by atoms with E-state index in [9.17, 15) is 18.0 Å². The molecule has 0 saturated carbocycles. The second-order valence-corrected chi connectivity index (χ2v) is 8.49. The van der Waals surface area contributed by atoms with Crippen molar-refractivity contribution in [3.8, 4) is 0 Å². The first-order chi connectivity index (χ1) is 12.6. The monoisotopic (exact) mass is 431 g/mol. The topological polar surface area (TPSA) is 121 Å². The van der Waals surface area contributed by atoms with E-state index in [1.54, 1.807) is 13.8 Å². The molecule has 0 radical (unpaired) electrons. The normalized spacial score (nSPS) is 11.7. The van der Waals surface area contributed by atoms with Gasteiger partial charge < -0.3 is 9.15 Å². The molecule has 0 saturated heterocycles. The standard InChI is InChI=1S/C15H14ClN3O6S2/c1-4-24-13(20)12-7(2)17-14(26-12)18-27(22,23)11-6-10-9(5-8(11)16)19(3)15(21)25-10/h5-6H,4H2,1-3H3,(H,17,18). The maximum absolute atomic E-state index is 12.7. The van der Waals surface area contributed by atoms with Gasteiger partial charge in [0.1, 0.15) is 9.77 Å². The Kier molecular flexibility index (Phi) is 5.02. The lowest BCUT2D eigenvalue weighted by Crippen LogP contribution is -2.13. The quantitative estimate of drug-likeness (QED) is 0.616. The molecule has 0 aliphatic heterocycles. The molecule has 144 valence electrons. The van der Waals surface area contributed by atoms with Gasteiger partial charge >= 0.3 is 11.7 Å². The number of ether oxygens (including phenoxy) is 1. The molecule has 3 rings (SSSR count). The van der Waals surface area contributed by atoms with Crippen LogP contribution >= 0.6 is 22.9 Å². The fraction of sp³-hybridized carbons (Fsp3) is 0.267. The van der Waals surface area contributed by atoms with Crippen molar-refractivity contribution in [1.82, 2.24) is 9.55 Å². The summed E-state index contributed by atoms with van der Waals surface area (Å²) in [5.41, 5.74) is 0.778. The molecule has 1 aromatic carbocycles. The Morgan fingerprint density at radius 2 is 2.15 bits per heavy atom. The van der Waals surface area contributed by atoms with Crippen molar-refractivity contribution in [2.24, 2.45) is 7.05 Å². The number of carbonyl (C=O) groups is 1. The average Bonchev–Trinajstić information content (AvgIpc) is 3.07. The average molecular weight is 432 g/mol. The molecule has 0 bridgehead atoms. The second kappa shape index (κ2) is 6.98. The number of halogens is 1. The van der Waals surface area contributed by atoms with E-state index in [1.165, 1.54) is 17.7 Å².